The normalized spacial score (nSPS) is 15.0. The predicted molar refractivity (Wildman–Crippen MR) is 121 cm³/mol. The molecule has 0 bridgehead atoms. The van der Waals surface area contributed by atoms with E-state index in [1.807, 2.05) is 29.9 Å². The topological polar surface area (TPSA) is 107 Å². The van der Waals surface area contributed by atoms with Gasteiger partial charge in [0.05, 0.1) is 14.2 Å². The molecule has 3 amide bonds. The summed E-state index contributed by atoms with van der Waals surface area (Å²) in [6.07, 6.45) is 9.23. The highest BCUT2D eigenvalue weighted by Gasteiger charge is 2.22. The third-order valence-corrected chi connectivity index (χ3v) is 5.71. The number of imidazole rings is 1. The summed E-state index contributed by atoms with van der Waals surface area (Å²) in [6.45, 7) is 0.249. The Morgan fingerprint density at radius 1 is 1.12 bits per heavy atom. The Morgan fingerprint density at radius 2 is 1.81 bits per heavy atom. The molecule has 0 radical (unpaired) electrons. The first kappa shape index (κ1) is 23.4. The van der Waals surface area contributed by atoms with Crippen LogP contribution in [-0.4, -0.2) is 48.3 Å². The Bertz CT molecular complexity index is 885. The fourth-order valence-electron chi connectivity index (χ4n) is 3.95. The molecule has 3 N–H and O–H groups in total. The van der Waals surface area contributed by atoms with Crippen LogP contribution >= 0.6 is 0 Å². The lowest BCUT2D eigenvalue weighted by Gasteiger charge is -2.23. The Labute approximate surface area is 188 Å². The summed E-state index contributed by atoms with van der Waals surface area (Å²) in [5.74, 6) is 1.72. The number of amides is 3. The molecular weight excluding hydrogens is 410 g/mol. The largest absolute Gasteiger partial charge is 0.497 e. The van der Waals surface area contributed by atoms with Gasteiger partial charge in [-0.3, -0.25) is 4.79 Å². The summed E-state index contributed by atoms with van der Waals surface area (Å²) in [6, 6.07) is 4.98. The zero-order valence-corrected chi connectivity index (χ0v) is 19.0. The van der Waals surface area contributed by atoms with Crippen molar-refractivity contribution in [2.45, 2.75) is 50.6 Å². The van der Waals surface area contributed by atoms with Gasteiger partial charge in [-0.25, -0.2) is 9.78 Å². The number of nitrogens with one attached hydrogen (secondary N) is 3. The molecule has 174 valence electrons. The van der Waals surface area contributed by atoms with Gasteiger partial charge < -0.3 is 30.0 Å². The van der Waals surface area contributed by atoms with Crippen LogP contribution in [0.5, 0.6) is 11.5 Å². The SMILES string of the molecule is COc1cc(OC)cc(C(NC(=O)CCNC(=O)NC2CCCCC2)c2nccn2C)c1. The summed E-state index contributed by atoms with van der Waals surface area (Å²) in [4.78, 5) is 29.3. The third-order valence-electron chi connectivity index (χ3n) is 5.71. The van der Waals surface area contributed by atoms with E-state index < -0.39 is 6.04 Å². The van der Waals surface area contributed by atoms with E-state index in [0.29, 0.717) is 17.3 Å². The number of carbonyl (C=O) groups is 2. The van der Waals surface area contributed by atoms with E-state index in [1.54, 1.807) is 26.5 Å². The zero-order chi connectivity index (χ0) is 22.9. The minimum absolute atomic E-state index is 0.153. The molecule has 9 nitrogen and oxygen atoms in total. The van der Waals surface area contributed by atoms with E-state index in [9.17, 15) is 9.59 Å². The first-order valence-electron chi connectivity index (χ1n) is 11.0. The second-order valence-corrected chi connectivity index (χ2v) is 8.03. The van der Waals surface area contributed by atoms with E-state index >= 15 is 0 Å². The van der Waals surface area contributed by atoms with Gasteiger partial charge >= 0.3 is 6.03 Å². The Hall–Kier alpha value is -3.23. The maximum Gasteiger partial charge on any atom is 0.315 e. The van der Waals surface area contributed by atoms with E-state index in [0.717, 1.165) is 31.2 Å². The minimum atomic E-state index is -0.498. The highest BCUT2D eigenvalue weighted by molar-refractivity contribution is 5.79. The molecule has 1 atom stereocenters. The van der Waals surface area contributed by atoms with E-state index in [2.05, 4.69) is 20.9 Å². The molecule has 1 aliphatic carbocycles. The first-order chi connectivity index (χ1) is 15.5. The van der Waals surface area contributed by atoms with Gasteiger partial charge in [-0.1, -0.05) is 19.3 Å². The molecule has 2 aromatic rings. The van der Waals surface area contributed by atoms with Gasteiger partial charge in [-0.15, -0.1) is 0 Å². The molecule has 32 heavy (non-hydrogen) atoms. The Kier molecular flexibility index (Phi) is 8.35. The van der Waals surface area contributed by atoms with Crippen molar-refractivity contribution in [2.24, 2.45) is 7.05 Å². The molecule has 0 spiro atoms. The smallest absolute Gasteiger partial charge is 0.315 e. The van der Waals surface area contributed by atoms with Gasteiger partial charge in [0, 0.05) is 44.5 Å². The van der Waals surface area contributed by atoms with E-state index in [1.165, 1.54) is 6.42 Å². The lowest BCUT2D eigenvalue weighted by molar-refractivity contribution is -0.121. The van der Waals surface area contributed by atoms with Crippen LogP contribution in [0.25, 0.3) is 0 Å². The first-order valence-corrected chi connectivity index (χ1v) is 11.0. The number of urea groups is 1. The van der Waals surface area contributed by atoms with E-state index in [-0.39, 0.29) is 30.9 Å². The van der Waals surface area contributed by atoms with Gasteiger partial charge in [0.2, 0.25) is 5.91 Å². The maximum absolute atomic E-state index is 12.7. The average Bonchev–Trinajstić information content (AvgIpc) is 3.23. The Morgan fingerprint density at radius 3 is 2.41 bits per heavy atom. The van der Waals surface area contributed by atoms with Crippen LogP contribution in [-0.2, 0) is 11.8 Å². The number of hydrogen-bond acceptors (Lipinski definition) is 5. The molecular formula is C23H33N5O4. The van der Waals surface area contributed by atoms with Crippen LogP contribution in [0, 0.1) is 0 Å². The fraction of sp³-hybridized carbons (Fsp3) is 0.522. The molecule has 0 aliphatic heterocycles. The van der Waals surface area contributed by atoms with Crippen molar-refractivity contribution in [2.75, 3.05) is 20.8 Å². The summed E-state index contributed by atoms with van der Waals surface area (Å²) in [5.41, 5.74) is 0.784. The van der Waals surface area contributed by atoms with Crippen molar-refractivity contribution in [1.29, 1.82) is 0 Å². The lowest BCUT2D eigenvalue weighted by Crippen LogP contribution is -2.44. The number of aryl methyl sites for hydroxylation is 1. The van der Waals surface area contributed by atoms with Crippen molar-refractivity contribution >= 4 is 11.9 Å². The maximum atomic E-state index is 12.7. The molecule has 1 aliphatic rings. The molecule has 9 heteroatoms. The minimum Gasteiger partial charge on any atom is -0.497 e. The van der Waals surface area contributed by atoms with E-state index in [4.69, 9.17) is 9.47 Å². The molecule has 1 aromatic heterocycles. The van der Waals surface area contributed by atoms with Crippen molar-refractivity contribution in [3.63, 3.8) is 0 Å². The summed E-state index contributed by atoms with van der Waals surface area (Å²) < 4.78 is 12.6. The predicted octanol–water partition coefficient (Wildman–Crippen LogP) is 2.66. The molecule has 0 saturated heterocycles. The standard InChI is InChI=1S/C23H33N5O4/c1-28-12-11-24-22(28)21(16-13-18(31-2)15-19(14-16)32-3)27-20(29)9-10-25-23(30)26-17-7-5-4-6-8-17/h11-15,17,21H,4-10H2,1-3H3,(H,27,29)(H2,25,26,30). The van der Waals surface area contributed by atoms with Crippen LogP contribution in [0.3, 0.4) is 0 Å². The van der Waals surface area contributed by atoms with Crippen molar-refractivity contribution in [1.82, 2.24) is 25.5 Å². The van der Waals surface area contributed by atoms with Crippen LogP contribution in [0.4, 0.5) is 4.79 Å². The van der Waals surface area contributed by atoms with Gasteiger partial charge in [0.25, 0.3) is 0 Å². The van der Waals surface area contributed by atoms with Crippen molar-refractivity contribution in [3.05, 3.63) is 42.0 Å². The number of benzene rings is 1. The summed E-state index contributed by atoms with van der Waals surface area (Å²) >= 11 is 0. The Balaban J connectivity index is 1.62. The van der Waals surface area contributed by atoms with Crippen LogP contribution in [0.1, 0.15) is 56.0 Å². The van der Waals surface area contributed by atoms with Crippen LogP contribution in [0.2, 0.25) is 0 Å². The van der Waals surface area contributed by atoms with Crippen LogP contribution < -0.4 is 25.4 Å². The molecule has 1 heterocycles. The average molecular weight is 444 g/mol. The third kappa shape index (κ3) is 6.38. The highest BCUT2D eigenvalue weighted by Crippen LogP contribution is 2.29. The monoisotopic (exact) mass is 443 g/mol. The number of hydrogen-bond donors (Lipinski definition) is 3. The van der Waals surface area contributed by atoms with Gasteiger partial charge in [0.1, 0.15) is 23.4 Å². The summed E-state index contributed by atoms with van der Waals surface area (Å²) in [7, 11) is 5.03. The zero-order valence-electron chi connectivity index (χ0n) is 19.0. The van der Waals surface area contributed by atoms with Gasteiger partial charge in [0.15, 0.2) is 0 Å². The fourth-order valence-corrected chi connectivity index (χ4v) is 3.95. The number of ether oxygens (including phenoxy) is 2. The molecule has 1 fully saturated rings. The lowest BCUT2D eigenvalue weighted by atomic mass is 9.96. The highest BCUT2D eigenvalue weighted by atomic mass is 16.5. The molecule has 1 aromatic carbocycles. The van der Waals surface area contributed by atoms with Gasteiger partial charge in [-0.05, 0) is 30.5 Å². The number of carbonyl (C=O) groups excluding carboxylic acids is 2. The molecule has 1 unspecified atom stereocenters. The quantitative estimate of drug-likeness (QED) is 0.552. The van der Waals surface area contributed by atoms with Crippen molar-refractivity contribution in [3.8, 4) is 11.5 Å². The number of methoxy groups -OCH3 is 2. The number of nitrogens with zero attached hydrogens (tertiary/aromatic N) is 2. The van der Waals surface area contributed by atoms with Crippen LogP contribution in [0.15, 0.2) is 30.6 Å². The number of rotatable bonds is 9. The second kappa shape index (κ2) is 11.4. The summed E-state index contributed by atoms with van der Waals surface area (Å²) in [5, 5.41) is 8.81. The van der Waals surface area contributed by atoms with Crippen molar-refractivity contribution < 1.29 is 19.1 Å². The van der Waals surface area contributed by atoms with Gasteiger partial charge in [-0.2, -0.15) is 0 Å². The second-order valence-electron chi connectivity index (χ2n) is 8.03. The molecule has 3 rings (SSSR count). The number of aromatic nitrogens is 2. The molecule has 1 saturated carbocycles.